The predicted octanol–water partition coefficient (Wildman–Crippen LogP) is 3.71. The topological polar surface area (TPSA) is 83.5 Å². The van der Waals surface area contributed by atoms with Crippen LogP contribution in [0.2, 0.25) is 0 Å². The SMILES string of the molecule is CC(C)(C)OOCCCCC(COC(=O)O)OOC(C)(C)C. The molecule has 0 radical (unpaired) electrons. The minimum absolute atomic E-state index is 0.0647. The summed E-state index contributed by atoms with van der Waals surface area (Å²) in [6.07, 6.45) is 0.361. The van der Waals surface area contributed by atoms with E-state index in [1.165, 1.54) is 0 Å². The smallest absolute Gasteiger partial charge is 0.450 e. The van der Waals surface area contributed by atoms with Crippen LogP contribution in [0.3, 0.4) is 0 Å². The van der Waals surface area contributed by atoms with Crippen LogP contribution < -0.4 is 0 Å². The molecule has 7 nitrogen and oxygen atoms in total. The average Bonchev–Trinajstić information content (AvgIpc) is 2.33. The van der Waals surface area contributed by atoms with Gasteiger partial charge in [-0.1, -0.05) is 0 Å². The summed E-state index contributed by atoms with van der Waals surface area (Å²) in [5, 5.41) is 8.55. The fraction of sp³-hybridized carbons (Fsp3) is 0.933. The summed E-state index contributed by atoms with van der Waals surface area (Å²) in [6.45, 7) is 11.7. The highest BCUT2D eigenvalue weighted by Crippen LogP contribution is 2.14. The van der Waals surface area contributed by atoms with Crippen LogP contribution in [0.4, 0.5) is 4.79 Å². The molecule has 0 saturated carbocycles. The zero-order valence-corrected chi connectivity index (χ0v) is 14.5. The summed E-state index contributed by atoms with van der Waals surface area (Å²) in [5.41, 5.74) is -0.799. The van der Waals surface area contributed by atoms with Crippen molar-refractivity contribution in [1.29, 1.82) is 0 Å². The molecule has 1 unspecified atom stereocenters. The van der Waals surface area contributed by atoms with Gasteiger partial charge in [-0.15, -0.1) is 0 Å². The van der Waals surface area contributed by atoms with Crippen LogP contribution in [0.25, 0.3) is 0 Å². The molecule has 0 aromatic heterocycles. The van der Waals surface area contributed by atoms with Crippen molar-refractivity contribution < 1.29 is 34.2 Å². The Kier molecular flexibility index (Phi) is 9.59. The van der Waals surface area contributed by atoms with Crippen LogP contribution in [0, 0.1) is 0 Å². The second-order valence-electron chi connectivity index (χ2n) is 7.00. The Morgan fingerprint density at radius 2 is 1.59 bits per heavy atom. The Balaban J connectivity index is 3.94. The first kappa shape index (κ1) is 21.1. The zero-order valence-electron chi connectivity index (χ0n) is 14.5. The molecule has 0 aliphatic rings. The van der Waals surface area contributed by atoms with Gasteiger partial charge in [-0.3, -0.25) is 0 Å². The quantitative estimate of drug-likeness (QED) is 0.284. The third-order valence-electron chi connectivity index (χ3n) is 2.14. The normalized spacial score (nSPS) is 13.9. The number of unbranched alkanes of at least 4 members (excludes halogenated alkanes) is 1. The highest BCUT2D eigenvalue weighted by atomic mass is 17.2. The van der Waals surface area contributed by atoms with Crippen LogP contribution in [-0.2, 0) is 24.3 Å². The molecule has 0 rings (SSSR count). The van der Waals surface area contributed by atoms with Crippen LogP contribution >= 0.6 is 0 Å². The molecule has 1 atom stereocenters. The Morgan fingerprint density at radius 1 is 1.00 bits per heavy atom. The summed E-state index contributed by atoms with van der Waals surface area (Å²) in [6, 6.07) is 0. The number of rotatable bonds is 10. The summed E-state index contributed by atoms with van der Waals surface area (Å²) in [7, 11) is 0. The summed E-state index contributed by atoms with van der Waals surface area (Å²) in [4.78, 5) is 31.2. The monoisotopic (exact) mass is 322 g/mol. The van der Waals surface area contributed by atoms with Crippen LogP contribution in [0.1, 0.15) is 60.8 Å². The second-order valence-corrected chi connectivity index (χ2v) is 7.00. The molecule has 0 spiro atoms. The van der Waals surface area contributed by atoms with E-state index in [9.17, 15) is 4.79 Å². The maximum Gasteiger partial charge on any atom is 0.505 e. The summed E-state index contributed by atoms with van der Waals surface area (Å²) < 4.78 is 4.55. The van der Waals surface area contributed by atoms with E-state index in [1.54, 1.807) is 0 Å². The van der Waals surface area contributed by atoms with Gasteiger partial charge in [0.1, 0.15) is 12.7 Å². The molecule has 22 heavy (non-hydrogen) atoms. The number of hydrogen-bond donors (Lipinski definition) is 1. The number of carboxylic acid groups (broad SMARTS) is 1. The van der Waals surface area contributed by atoms with Crippen molar-refractivity contribution >= 4 is 6.16 Å². The molecule has 0 aromatic carbocycles. The van der Waals surface area contributed by atoms with Crippen LogP contribution in [0.15, 0.2) is 0 Å². The molecule has 7 heteroatoms. The second kappa shape index (κ2) is 9.99. The standard InChI is InChI=1S/C15H30O7/c1-14(2,3)21-19-10-8-7-9-12(11-18-13(16)17)20-22-15(4,5)6/h12H,7-11H2,1-6H3,(H,16,17). The molecule has 0 bridgehead atoms. The third-order valence-corrected chi connectivity index (χ3v) is 2.14. The van der Waals surface area contributed by atoms with E-state index in [-0.39, 0.29) is 12.2 Å². The molecular formula is C15H30O7. The summed E-state index contributed by atoms with van der Waals surface area (Å²) >= 11 is 0. The fourth-order valence-electron chi connectivity index (χ4n) is 1.29. The first-order chi connectivity index (χ1) is 9.99. The lowest BCUT2D eigenvalue weighted by atomic mass is 10.1. The van der Waals surface area contributed by atoms with Crippen molar-refractivity contribution in [3.05, 3.63) is 0 Å². The Labute approximate surface area is 132 Å². The van der Waals surface area contributed by atoms with Gasteiger partial charge in [-0.2, -0.15) is 0 Å². The van der Waals surface area contributed by atoms with E-state index < -0.39 is 17.9 Å². The molecule has 0 amide bonds. The lowest BCUT2D eigenvalue weighted by Crippen LogP contribution is -2.28. The minimum Gasteiger partial charge on any atom is -0.450 e. The summed E-state index contributed by atoms with van der Waals surface area (Å²) in [5.74, 6) is 0. The third kappa shape index (κ3) is 15.5. The number of ether oxygens (including phenoxy) is 1. The van der Waals surface area contributed by atoms with Crippen LogP contribution in [-0.4, -0.2) is 41.8 Å². The van der Waals surface area contributed by atoms with Crippen molar-refractivity contribution in [2.45, 2.75) is 78.1 Å². The lowest BCUT2D eigenvalue weighted by molar-refractivity contribution is -0.377. The Morgan fingerprint density at radius 3 is 2.09 bits per heavy atom. The van der Waals surface area contributed by atoms with Gasteiger partial charge in [0.2, 0.25) is 0 Å². The number of hydrogen-bond acceptors (Lipinski definition) is 6. The average molecular weight is 322 g/mol. The van der Waals surface area contributed by atoms with Crippen molar-refractivity contribution in [3.8, 4) is 0 Å². The minimum atomic E-state index is -1.33. The maximum atomic E-state index is 10.5. The van der Waals surface area contributed by atoms with Gasteiger partial charge in [0.25, 0.3) is 0 Å². The molecule has 0 heterocycles. The van der Waals surface area contributed by atoms with E-state index in [0.29, 0.717) is 13.0 Å². The van der Waals surface area contributed by atoms with Crippen molar-refractivity contribution in [3.63, 3.8) is 0 Å². The first-order valence-electron chi connectivity index (χ1n) is 7.50. The largest absolute Gasteiger partial charge is 0.505 e. The first-order valence-corrected chi connectivity index (χ1v) is 7.50. The van der Waals surface area contributed by atoms with E-state index in [1.807, 2.05) is 41.5 Å². The number of carbonyl (C=O) groups is 1. The molecule has 0 aromatic rings. The molecule has 0 aliphatic carbocycles. The fourth-order valence-corrected chi connectivity index (χ4v) is 1.29. The van der Waals surface area contributed by atoms with E-state index >= 15 is 0 Å². The van der Waals surface area contributed by atoms with Gasteiger partial charge in [-0.25, -0.2) is 24.3 Å². The maximum absolute atomic E-state index is 10.5. The molecule has 132 valence electrons. The van der Waals surface area contributed by atoms with E-state index in [2.05, 4.69) is 4.74 Å². The van der Waals surface area contributed by atoms with Gasteiger partial charge < -0.3 is 9.84 Å². The van der Waals surface area contributed by atoms with Crippen molar-refractivity contribution in [2.75, 3.05) is 13.2 Å². The van der Waals surface area contributed by atoms with E-state index in [4.69, 9.17) is 24.7 Å². The molecular weight excluding hydrogens is 292 g/mol. The zero-order chi connectivity index (χ0) is 17.2. The lowest BCUT2D eigenvalue weighted by Gasteiger charge is -2.23. The van der Waals surface area contributed by atoms with Gasteiger partial charge in [0, 0.05) is 0 Å². The molecule has 0 fully saturated rings. The van der Waals surface area contributed by atoms with Gasteiger partial charge in [0.05, 0.1) is 17.8 Å². The van der Waals surface area contributed by atoms with Crippen LogP contribution in [0.5, 0.6) is 0 Å². The molecule has 0 saturated heterocycles. The van der Waals surface area contributed by atoms with Gasteiger partial charge >= 0.3 is 6.16 Å². The highest BCUT2D eigenvalue weighted by molar-refractivity contribution is 5.56. The highest BCUT2D eigenvalue weighted by Gasteiger charge is 2.18. The predicted molar refractivity (Wildman–Crippen MR) is 80.3 cm³/mol. The van der Waals surface area contributed by atoms with Crippen molar-refractivity contribution in [2.24, 2.45) is 0 Å². The Bertz CT molecular complexity index is 304. The van der Waals surface area contributed by atoms with Gasteiger partial charge in [0.15, 0.2) is 0 Å². The van der Waals surface area contributed by atoms with E-state index in [0.717, 1.165) is 12.8 Å². The van der Waals surface area contributed by atoms with Crippen molar-refractivity contribution in [1.82, 2.24) is 0 Å². The van der Waals surface area contributed by atoms with Gasteiger partial charge in [-0.05, 0) is 60.8 Å². The molecule has 0 aliphatic heterocycles. The Hall–Kier alpha value is -0.890. The molecule has 1 N–H and O–H groups in total.